The zero-order chi connectivity index (χ0) is 11.4. The monoisotopic (exact) mass is 295 g/mol. The van der Waals surface area contributed by atoms with E-state index < -0.39 is 0 Å². The highest BCUT2D eigenvalue weighted by Crippen LogP contribution is 2.16. The third kappa shape index (κ3) is 3.17. The Morgan fingerprint density at radius 1 is 1.25 bits per heavy atom. The van der Waals surface area contributed by atoms with E-state index in [-0.39, 0.29) is 0 Å². The maximum Gasteiger partial charge on any atom is 0.0303 e. The molecule has 0 aliphatic heterocycles. The summed E-state index contributed by atoms with van der Waals surface area (Å²) >= 11 is 5.18. The first-order chi connectivity index (χ1) is 7.75. The molecule has 16 heavy (non-hydrogen) atoms. The van der Waals surface area contributed by atoms with E-state index in [1.54, 1.807) is 11.3 Å². The molecule has 84 valence electrons. The van der Waals surface area contributed by atoms with Gasteiger partial charge in [-0.1, -0.05) is 28.1 Å². The average molecular weight is 296 g/mol. The van der Waals surface area contributed by atoms with Crippen molar-refractivity contribution < 1.29 is 0 Å². The zero-order valence-corrected chi connectivity index (χ0v) is 11.5. The summed E-state index contributed by atoms with van der Waals surface area (Å²) in [5.74, 6) is 0. The topological polar surface area (TPSA) is 12.0 Å². The van der Waals surface area contributed by atoms with Crippen molar-refractivity contribution in [3.8, 4) is 0 Å². The highest BCUT2D eigenvalue weighted by molar-refractivity contribution is 9.10. The molecule has 3 heteroatoms. The molecule has 0 aliphatic carbocycles. The molecule has 0 radical (unpaired) electrons. The molecule has 2 aromatic rings. The highest BCUT2D eigenvalue weighted by atomic mass is 79.9. The maximum absolute atomic E-state index is 3.51. The fraction of sp³-hybridized carbons (Fsp3) is 0.231. The fourth-order valence-corrected chi connectivity index (χ4v) is 2.53. The molecule has 1 N–H and O–H groups in total. The number of hydrogen-bond donors (Lipinski definition) is 1. The number of rotatable bonds is 4. The van der Waals surface area contributed by atoms with Gasteiger partial charge >= 0.3 is 0 Å². The van der Waals surface area contributed by atoms with E-state index in [9.17, 15) is 0 Å². The lowest BCUT2D eigenvalue weighted by Gasteiger charge is -2.12. The van der Waals surface area contributed by atoms with Crippen molar-refractivity contribution in [2.24, 2.45) is 0 Å². The van der Waals surface area contributed by atoms with Crippen LogP contribution in [0.1, 0.15) is 24.1 Å². The summed E-state index contributed by atoms with van der Waals surface area (Å²) < 4.78 is 1.13. The van der Waals surface area contributed by atoms with Crippen LogP contribution in [0.15, 0.2) is 45.6 Å². The van der Waals surface area contributed by atoms with Crippen molar-refractivity contribution in [1.82, 2.24) is 5.32 Å². The van der Waals surface area contributed by atoms with Gasteiger partial charge < -0.3 is 5.32 Å². The quantitative estimate of drug-likeness (QED) is 0.884. The van der Waals surface area contributed by atoms with Gasteiger partial charge in [-0.2, -0.15) is 11.3 Å². The molecule has 1 atom stereocenters. The van der Waals surface area contributed by atoms with Crippen LogP contribution in [0.5, 0.6) is 0 Å². The summed E-state index contributed by atoms with van der Waals surface area (Å²) in [6.07, 6.45) is 0. The van der Waals surface area contributed by atoms with Gasteiger partial charge in [-0.25, -0.2) is 0 Å². The Hall–Kier alpha value is -0.640. The van der Waals surface area contributed by atoms with E-state index in [2.05, 4.69) is 69.3 Å². The molecule has 0 saturated carbocycles. The summed E-state index contributed by atoms with van der Waals surface area (Å²) in [6.45, 7) is 3.10. The molecule has 1 heterocycles. The number of hydrogen-bond acceptors (Lipinski definition) is 2. The minimum Gasteiger partial charge on any atom is -0.306 e. The average Bonchev–Trinajstić information content (AvgIpc) is 2.81. The molecule has 1 nitrogen and oxygen atoms in total. The lowest BCUT2D eigenvalue weighted by atomic mass is 10.1. The van der Waals surface area contributed by atoms with Gasteiger partial charge in [0.2, 0.25) is 0 Å². The second-order valence-corrected chi connectivity index (χ2v) is 5.48. The van der Waals surface area contributed by atoms with Crippen LogP contribution in [0.4, 0.5) is 0 Å². The fourth-order valence-electron chi connectivity index (χ4n) is 1.51. The summed E-state index contributed by atoms with van der Waals surface area (Å²) in [4.78, 5) is 0. The van der Waals surface area contributed by atoms with E-state index in [4.69, 9.17) is 0 Å². The number of halogens is 1. The van der Waals surface area contributed by atoms with Crippen molar-refractivity contribution in [2.75, 3.05) is 0 Å². The van der Waals surface area contributed by atoms with Crippen LogP contribution in [-0.4, -0.2) is 0 Å². The molecular weight excluding hydrogens is 282 g/mol. The Balaban J connectivity index is 1.90. The van der Waals surface area contributed by atoms with Crippen LogP contribution in [0.25, 0.3) is 0 Å². The third-order valence-corrected chi connectivity index (χ3v) is 3.80. The van der Waals surface area contributed by atoms with Gasteiger partial charge in [-0.05, 0) is 47.0 Å². The van der Waals surface area contributed by atoms with Crippen molar-refractivity contribution in [3.63, 3.8) is 0 Å². The summed E-state index contributed by atoms with van der Waals surface area (Å²) in [6, 6.07) is 11.0. The minimum atomic E-state index is 0.412. The molecule has 0 amide bonds. The highest BCUT2D eigenvalue weighted by Gasteiger charge is 2.04. The largest absolute Gasteiger partial charge is 0.306 e. The molecular formula is C13H14BrNS. The molecule has 2 rings (SSSR count). The van der Waals surface area contributed by atoms with E-state index in [1.807, 2.05) is 0 Å². The molecule has 0 fully saturated rings. The second-order valence-electron chi connectivity index (χ2n) is 3.79. The number of thiophene rings is 1. The Morgan fingerprint density at radius 2 is 2.00 bits per heavy atom. The van der Waals surface area contributed by atoms with Crippen LogP contribution in [0.2, 0.25) is 0 Å². The number of nitrogens with one attached hydrogen (secondary N) is 1. The Bertz CT molecular complexity index is 422. The molecule has 0 aliphatic rings. The van der Waals surface area contributed by atoms with Gasteiger partial charge in [0.05, 0.1) is 0 Å². The normalized spacial score (nSPS) is 12.6. The SMILES string of the molecule is CC(NCc1ccc(Br)cc1)c1ccsc1. The first-order valence-corrected chi connectivity index (χ1v) is 6.99. The van der Waals surface area contributed by atoms with Crippen LogP contribution in [0, 0.1) is 0 Å². The Kier molecular flexibility index (Phi) is 4.16. The molecule has 0 spiro atoms. The van der Waals surface area contributed by atoms with Gasteiger partial charge in [0, 0.05) is 17.1 Å². The van der Waals surface area contributed by atoms with E-state index in [1.165, 1.54) is 11.1 Å². The van der Waals surface area contributed by atoms with E-state index >= 15 is 0 Å². The van der Waals surface area contributed by atoms with E-state index in [0.29, 0.717) is 6.04 Å². The van der Waals surface area contributed by atoms with Gasteiger partial charge in [0.25, 0.3) is 0 Å². The van der Waals surface area contributed by atoms with Crippen molar-refractivity contribution >= 4 is 27.3 Å². The van der Waals surface area contributed by atoms with Crippen LogP contribution in [-0.2, 0) is 6.54 Å². The predicted molar refractivity (Wildman–Crippen MR) is 73.7 cm³/mol. The number of benzene rings is 1. The van der Waals surface area contributed by atoms with Gasteiger partial charge in [0.15, 0.2) is 0 Å². The maximum atomic E-state index is 3.51. The second kappa shape index (κ2) is 5.62. The molecule has 1 unspecified atom stereocenters. The van der Waals surface area contributed by atoms with Gasteiger partial charge in [-0.15, -0.1) is 0 Å². The van der Waals surface area contributed by atoms with Crippen molar-refractivity contribution in [1.29, 1.82) is 0 Å². The zero-order valence-electron chi connectivity index (χ0n) is 9.11. The van der Waals surface area contributed by atoms with Crippen LogP contribution >= 0.6 is 27.3 Å². The molecule has 1 aromatic heterocycles. The van der Waals surface area contributed by atoms with Crippen molar-refractivity contribution in [2.45, 2.75) is 19.5 Å². The van der Waals surface area contributed by atoms with Gasteiger partial charge in [-0.3, -0.25) is 0 Å². The van der Waals surface area contributed by atoms with E-state index in [0.717, 1.165) is 11.0 Å². The smallest absolute Gasteiger partial charge is 0.0303 e. The summed E-state index contributed by atoms with van der Waals surface area (Å²) in [5.41, 5.74) is 2.67. The summed E-state index contributed by atoms with van der Waals surface area (Å²) in [5, 5.41) is 7.82. The lowest BCUT2D eigenvalue weighted by molar-refractivity contribution is 0.576. The Morgan fingerprint density at radius 3 is 2.62 bits per heavy atom. The molecule has 1 aromatic carbocycles. The predicted octanol–water partition coefficient (Wildman–Crippen LogP) is 4.36. The lowest BCUT2D eigenvalue weighted by Crippen LogP contribution is -2.17. The van der Waals surface area contributed by atoms with Crippen LogP contribution in [0.3, 0.4) is 0 Å². The third-order valence-electron chi connectivity index (χ3n) is 2.57. The Labute approximate surface area is 109 Å². The van der Waals surface area contributed by atoms with Crippen LogP contribution < -0.4 is 5.32 Å². The van der Waals surface area contributed by atoms with Gasteiger partial charge in [0.1, 0.15) is 0 Å². The minimum absolute atomic E-state index is 0.412. The molecule has 0 bridgehead atoms. The standard InChI is InChI=1S/C13H14BrNS/c1-10(12-6-7-16-9-12)15-8-11-2-4-13(14)5-3-11/h2-7,9-10,15H,8H2,1H3. The first-order valence-electron chi connectivity index (χ1n) is 5.25. The molecule has 0 saturated heterocycles. The summed E-state index contributed by atoms with van der Waals surface area (Å²) in [7, 11) is 0. The van der Waals surface area contributed by atoms with Crippen molar-refractivity contribution in [3.05, 3.63) is 56.7 Å². The first kappa shape index (κ1) is 11.8.